The zero-order valence-electron chi connectivity index (χ0n) is 9.52. The molecule has 0 aliphatic rings. The highest BCUT2D eigenvalue weighted by Crippen LogP contribution is 2.27. The lowest BCUT2D eigenvalue weighted by Crippen LogP contribution is -1.98. The Balaban J connectivity index is 2.25. The molecule has 2 aromatic rings. The Labute approximate surface area is 97.2 Å². The molecule has 0 unspecified atom stereocenters. The number of ether oxygens (including phenoxy) is 2. The maximum atomic E-state index is 10.8. The number of hydrogen-bond acceptors (Lipinski definition) is 5. The van der Waals surface area contributed by atoms with Crippen LogP contribution in [0.4, 0.5) is 0 Å². The van der Waals surface area contributed by atoms with Crippen LogP contribution in [0.3, 0.4) is 0 Å². The Kier molecular flexibility index (Phi) is 3.13. The van der Waals surface area contributed by atoms with Crippen molar-refractivity contribution in [2.45, 2.75) is 6.42 Å². The smallest absolute Gasteiger partial charge is 0.438 e. The molecule has 17 heavy (non-hydrogen) atoms. The number of benzene rings is 1. The van der Waals surface area contributed by atoms with E-state index in [0.29, 0.717) is 23.7 Å². The van der Waals surface area contributed by atoms with Crippen molar-refractivity contribution in [2.24, 2.45) is 0 Å². The van der Waals surface area contributed by atoms with Crippen LogP contribution in [-0.4, -0.2) is 24.4 Å². The van der Waals surface area contributed by atoms with E-state index < -0.39 is 5.76 Å². The highest BCUT2D eigenvalue weighted by molar-refractivity contribution is 5.43. The predicted molar refractivity (Wildman–Crippen MR) is 59.5 cm³/mol. The van der Waals surface area contributed by atoms with Crippen LogP contribution in [0, 0.1) is 0 Å². The van der Waals surface area contributed by atoms with E-state index in [1.54, 1.807) is 20.3 Å². The average molecular weight is 236 g/mol. The number of rotatable bonds is 4. The summed E-state index contributed by atoms with van der Waals surface area (Å²) in [5.74, 6) is 1.21. The van der Waals surface area contributed by atoms with E-state index in [9.17, 15) is 4.79 Å². The lowest BCUT2D eigenvalue weighted by atomic mass is 10.1. The molecule has 0 atom stereocenters. The van der Waals surface area contributed by atoms with Crippen LogP contribution < -0.4 is 15.2 Å². The van der Waals surface area contributed by atoms with Crippen LogP contribution in [0.25, 0.3) is 0 Å². The summed E-state index contributed by atoms with van der Waals surface area (Å²) in [4.78, 5) is 13.3. The van der Waals surface area contributed by atoms with Gasteiger partial charge in [-0.25, -0.2) is 4.79 Å². The van der Waals surface area contributed by atoms with Gasteiger partial charge >= 0.3 is 5.76 Å². The molecule has 0 fully saturated rings. The lowest BCUT2D eigenvalue weighted by molar-refractivity contribution is 0.354. The minimum Gasteiger partial charge on any atom is -0.493 e. The summed E-state index contributed by atoms with van der Waals surface area (Å²) in [7, 11) is 3.15. The first-order valence-electron chi connectivity index (χ1n) is 4.98. The molecule has 0 aliphatic heterocycles. The van der Waals surface area contributed by atoms with Crippen LogP contribution in [0.15, 0.2) is 27.5 Å². The van der Waals surface area contributed by atoms with Crippen molar-refractivity contribution in [3.63, 3.8) is 0 Å². The van der Waals surface area contributed by atoms with Crippen molar-refractivity contribution < 1.29 is 14.0 Å². The van der Waals surface area contributed by atoms with Crippen LogP contribution in [-0.2, 0) is 6.42 Å². The van der Waals surface area contributed by atoms with Gasteiger partial charge in [0, 0.05) is 6.42 Å². The zero-order valence-corrected chi connectivity index (χ0v) is 9.52. The molecule has 6 heteroatoms. The molecule has 1 aromatic heterocycles. The van der Waals surface area contributed by atoms with Crippen molar-refractivity contribution in [2.75, 3.05) is 14.2 Å². The van der Waals surface area contributed by atoms with E-state index in [1.165, 1.54) is 0 Å². The quantitative estimate of drug-likeness (QED) is 0.855. The van der Waals surface area contributed by atoms with Crippen molar-refractivity contribution >= 4 is 0 Å². The second-order valence-corrected chi connectivity index (χ2v) is 3.41. The molecule has 0 aliphatic carbocycles. The zero-order chi connectivity index (χ0) is 12.3. The van der Waals surface area contributed by atoms with Crippen molar-refractivity contribution in [3.8, 4) is 11.5 Å². The number of methoxy groups -OCH3 is 2. The third-order valence-electron chi connectivity index (χ3n) is 2.30. The van der Waals surface area contributed by atoms with E-state index >= 15 is 0 Å². The van der Waals surface area contributed by atoms with Gasteiger partial charge in [0.1, 0.15) is 0 Å². The molecule has 1 heterocycles. The third-order valence-corrected chi connectivity index (χ3v) is 2.30. The summed E-state index contributed by atoms with van der Waals surface area (Å²) < 4.78 is 14.7. The van der Waals surface area contributed by atoms with E-state index in [2.05, 4.69) is 14.7 Å². The van der Waals surface area contributed by atoms with Crippen molar-refractivity contribution in [3.05, 3.63) is 40.1 Å². The highest BCUT2D eigenvalue weighted by atomic mass is 16.5. The Morgan fingerprint density at radius 3 is 2.65 bits per heavy atom. The van der Waals surface area contributed by atoms with Crippen LogP contribution in [0.5, 0.6) is 11.5 Å². The second-order valence-electron chi connectivity index (χ2n) is 3.41. The van der Waals surface area contributed by atoms with Gasteiger partial charge in [0.2, 0.25) is 0 Å². The fourth-order valence-corrected chi connectivity index (χ4v) is 1.52. The minimum absolute atomic E-state index is 0.464. The predicted octanol–water partition coefficient (Wildman–Crippen LogP) is 0.971. The standard InChI is InChI=1S/C11H12N2O4/c1-15-8-4-3-7(5-9(8)16-2)6-10-12-11(14)17-13-10/h3-5H,6H2,1-2H3,(H,12,13,14). The van der Waals surface area contributed by atoms with Gasteiger partial charge in [0.05, 0.1) is 14.2 Å². The second kappa shape index (κ2) is 4.73. The monoisotopic (exact) mass is 236 g/mol. The Morgan fingerprint density at radius 2 is 2.06 bits per heavy atom. The topological polar surface area (TPSA) is 77.4 Å². The van der Waals surface area contributed by atoms with E-state index in [0.717, 1.165) is 5.56 Å². The number of H-pyrrole nitrogens is 1. The SMILES string of the molecule is COc1ccc(Cc2noc(=O)[nH]2)cc1OC. The summed E-state index contributed by atoms with van der Waals surface area (Å²) in [6, 6.07) is 5.49. The number of nitrogens with one attached hydrogen (secondary N) is 1. The van der Waals surface area contributed by atoms with Gasteiger partial charge in [-0.15, -0.1) is 0 Å². The molecular formula is C11H12N2O4. The molecule has 0 saturated carbocycles. The number of nitrogens with zero attached hydrogens (tertiary/aromatic N) is 1. The van der Waals surface area contributed by atoms with Gasteiger partial charge in [0.15, 0.2) is 17.3 Å². The summed E-state index contributed by atoms with van der Waals surface area (Å²) in [5, 5.41) is 3.59. The number of aromatic amines is 1. The highest BCUT2D eigenvalue weighted by Gasteiger charge is 2.07. The minimum atomic E-state index is -0.555. The fraction of sp³-hybridized carbons (Fsp3) is 0.273. The first-order chi connectivity index (χ1) is 8.22. The molecule has 1 N–H and O–H groups in total. The molecule has 0 radical (unpaired) electrons. The first kappa shape index (κ1) is 11.3. The number of hydrogen-bond donors (Lipinski definition) is 1. The van der Waals surface area contributed by atoms with E-state index in [-0.39, 0.29) is 0 Å². The maximum absolute atomic E-state index is 10.8. The van der Waals surface area contributed by atoms with Gasteiger partial charge in [-0.3, -0.25) is 9.51 Å². The first-order valence-corrected chi connectivity index (χ1v) is 4.98. The van der Waals surface area contributed by atoms with Crippen LogP contribution in [0.2, 0.25) is 0 Å². The largest absolute Gasteiger partial charge is 0.493 e. The Hall–Kier alpha value is -2.24. The molecule has 90 valence electrons. The van der Waals surface area contributed by atoms with Crippen LogP contribution >= 0.6 is 0 Å². The summed E-state index contributed by atoms with van der Waals surface area (Å²) >= 11 is 0. The molecule has 2 rings (SSSR count). The van der Waals surface area contributed by atoms with Crippen molar-refractivity contribution in [1.29, 1.82) is 0 Å². The van der Waals surface area contributed by atoms with Crippen molar-refractivity contribution in [1.82, 2.24) is 10.1 Å². The summed E-state index contributed by atoms with van der Waals surface area (Å²) in [6.45, 7) is 0. The molecular weight excluding hydrogens is 224 g/mol. The maximum Gasteiger partial charge on any atom is 0.438 e. The summed E-state index contributed by atoms with van der Waals surface area (Å²) in [5.41, 5.74) is 0.937. The van der Waals surface area contributed by atoms with E-state index in [1.807, 2.05) is 12.1 Å². The summed E-state index contributed by atoms with van der Waals surface area (Å²) in [6.07, 6.45) is 0.464. The van der Waals surface area contributed by atoms with Gasteiger partial charge in [-0.2, -0.15) is 0 Å². The Morgan fingerprint density at radius 1 is 1.29 bits per heavy atom. The average Bonchev–Trinajstić information content (AvgIpc) is 2.74. The van der Waals surface area contributed by atoms with Gasteiger partial charge < -0.3 is 9.47 Å². The van der Waals surface area contributed by atoms with E-state index in [4.69, 9.17) is 9.47 Å². The molecule has 6 nitrogen and oxygen atoms in total. The lowest BCUT2D eigenvalue weighted by Gasteiger charge is -2.08. The fourth-order valence-electron chi connectivity index (χ4n) is 1.52. The Bertz CT molecular complexity index is 559. The molecule has 0 bridgehead atoms. The third kappa shape index (κ3) is 2.47. The molecule has 0 amide bonds. The van der Waals surface area contributed by atoms with Crippen LogP contribution in [0.1, 0.15) is 11.4 Å². The van der Waals surface area contributed by atoms with Gasteiger partial charge in [-0.1, -0.05) is 11.2 Å². The normalized spacial score (nSPS) is 10.2. The number of aromatic nitrogens is 2. The molecule has 0 saturated heterocycles. The van der Waals surface area contributed by atoms with Gasteiger partial charge in [0.25, 0.3) is 0 Å². The molecule has 0 spiro atoms. The van der Waals surface area contributed by atoms with Gasteiger partial charge in [-0.05, 0) is 17.7 Å². The molecule has 1 aromatic carbocycles.